The topological polar surface area (TPSA) is 75.3 Å². The van der Waals surface area contributed by atoms with E-state index in [1.165, 1.54) is 11.6 Å². The Labute approximate surface area is 183 Å². The highest BCUT2D eigenvalue weighted by atomic mass is 32.2. The summed E-state index contributed by atoms with van der Waals surface area (Å²) in [5.41, 5.74) is 4.67. The van der Waals surface area contributed by atoms with Crippen molar-refractivity contribution in [1.82, 2.24) is 5.32 Å². The van der Waals surface area contributed by atoms with Crippen molar-refractivity contribution in [2.45, 2.75) is 44.0 Å². The molecule has 0 unspecified atom stereocenters. The van der Waals surface area contributed by atoms with Gasteiger partial charge >= 0.3 is 0 Å². The Balaban J connectivity index is 1.59. The Morgan fingerprint density at radius 1 is 0.935 bits per heavy atom. The first-order chi connectivity index (χ1) is 14.8. The van der Waals surface area contributed by atoms with Crippen molar-refractivity contribution in [2.75, 3.05) is 4.72 Å². The van der Waals surface area contributed by atoms with Crippen molar-refractivity contribution in [2.24, 2.45) is 0 Å². The number of anilines is 1. The van der Waals surface area contributed by atoms with Gasteiger partial charge in [-0.05, 0) is 73.6 Å². The van der Waals surface area contributed by atoms with E-state index in [4.69, 9.17) is 0 Å². The van der Waals surface area contributed by atoms with Crippen molar-refractivity contribution in [3.63, 3.8) is 0 Å². The average Bonchev–Trinajstić information content (AvgIpc) is 2.75. The van der Waals surface area contributed by atoms with Gasteiger partial charge in [0.1, 0.15) is 0 Å². The van der Waals surface area contributed by atoms with Crippen molar-refractivity contribution in [3.05, 3.63) is 94.5 Å². The molecule has 0 aliphatic heterocycles. The number of rotatable bonds is 5. The number of aryl methyl sites for hydroxylation is 3. The number of nitrogens with one attached hydrogen (secondary N) is 2. The smallest absolute Gasteiger partial charge is 0.262 e. The SMILES string of the molecule is Cc1ccccc1NS(=O)(=O)c1cc(C(=O)N[C@@H]2CCCc3ccccc32)ccc1C. The second-order valence-corrected chi connectivity index (χ2v) is 9.67. The van der Waals surface area contributed by atoms with Crippen molar-refractivity contribution < 1.29 is 13.2 Å². The number of fused-ring (bicyclic) bond motifs is 1. The lowest BCUT2D eigenvalue weighted by molar-refractivity contribution is 0.0932. The lowest BCUT2D eigenvalue weighted by Crippen LogP contribution is -2.31. The molecule has 3 aromatic carbocycles. The fraction of sp³-hybridized carbons (Fsp3) is 0.240. The maximum Gasteiger partial charge on any atom is 0.262 e. The molecular formula is C25H26N2O3S. The summed E-state index contributed by atoms with van der Waals surface area (Å²) in [5, 5.41) is 3.09. The zero-order valence-electron chi connectivity index (χ0n) is 17.7. The third-order valence-electron chi connectivity index (χ3n) is 5.80. The quantitative estimate of drug-likeness (QED) is 0.599. The van der Waals surface area contributed by atoms with Crippen LogP contribution in [0.25, 0.3) is 0 Å². The van der Waals surface area contributed by atoms with Crippen molar-refractivity contribution in [1.29, 1.82) is 0 Å². The lowest BCUT2D eigenvalue weighted by Gasteiger charge is -2.26. The molecule has 0 fully saturated rings. The van der Waals surface area contributed by atoms with Gasteiger partial charge in [-0.15, -0.1) is 0 Å². The largest absolute Gasteiger partial charge is 0.345 e. The fourth-order valence-corrected chi connectivity index (χ4v) is 5.47. The molecular weight excluding hydrogens is 408 g/mol. The zero-order valence-corrected chi connectivity index (χ0v) is 18.5. The number of carbonyl (C=O) groups is 1. The van der Waals surface area contributed by atoms with E-state index in [9.17, 15) is 13.2 Å². The molecule has 0 bridgehead atoms. The number of benzene rings is 3. The predicted octanol–water partition coefficient (Wildman–Crippen LogP) is 4.91. The van der Waals surface area contributed by atoms with Crippen LogP contribution in [0.3, 0.4) is 0 Å². The Morgan fingerprint density at radius 3 is 2.48 bits per heavy atom. The highest BCUT2D eigenvalue weighted by Gasteiger charge is 2.24. The maximum absolute atomic E-state index is 13.1. The molecule has 0 heterocycles. The van der Waals surface area contributed by atoms with E-state index in [-0.39, 0.29) is 16.8 Å². The normalized spacial score (nSPS) is 15.7. The molecule has 1 aliphatic rings. The Bertz CT molecular complexity index is 1240. The van der Waals surface area contributed by atoms with Crippen LogP contribution in [-0.2, 0) is 16.4 Å². The summed E-state index contributed by atoms with van der Waals surface area (Å²) in [6, 6.07) is 20.1. The van der Waals surface area contributed by atoms with Gasteiger partial charge in [0, 0.05) is 5.56 Å². The molecule has 1 aliphatic carbocycles. The van der Waals surface area contributed by atoms with E-state index in [1.807, 2.05) is 31.2 Å². The minimum Gasteiger partial charge on any atom is -0.345 e. The van der Waals surface area contributed by atoms with Gasteiger partial charge in [-0.2, -0.15) is 0 Å². The first kappa shape index (κ1) is 21.1. The monoisotopic (exact) mass is 434 g/mol. The second-order valence-electron chi connectivity index (χ2n) is 8.02. The summed E-state index contributed by atoms with van der Waals surface area (Å²) in [4.78, 5) is 13.1. The zero-order chi connectivity index (χ0) is 22.0. The van der Waals surface area contributed by atoms with E-state index in [2.05, 4.69) is 22.2 Å². The number of sulfonamides is 1. The van der Waals surface area contributed by atoms with E-state index in [0.717, 1.165) is 30.4 Å². The summed E-state index contributed by atoms with van der Waals surface area (Å²) < 4.78 is 28.8. The van der Waals surface area contributed by atoms with E-state index < -0.39 is 10.0 Å². The number of carbonyl (C=O) groups excluding carboxylic acids is 1. The number of para-hydroxylation sites is 1. The number of hydrogen-bond acceptors (Lipinski definition) is 3. The molecule has 160 valence electrons. The molecule has 0 radical (unpaired) electrons. The van der Waals surface area contributed by atoms with Gasteiger partial charge in [0.05, 0.1) is 16.6 Å². The molecule has 0 spiro atoms. The molecule has 6 heteroatoms. The van der Waals surface area contributed by atoms with Crippen LogP contribution in [0.15, 0.2) is 71.6 Å². The minimum atomic E-state index is -3.83. The summed E-state index contributed by atoms with van der Waals surface area (Å²) in [6.07, 6.45) is 2.89. The van der Waals surface area contributed by atoms with E-state index in [1.54, 1.807) is 31.2 Å². The van der Waals surface area contributed by atoms with Crippen molar-refractivity contribution >= 4 is 21.6 Å². The molecule has 1 atom stereocenters. The van der Waals surface area contributed by atoms with Crippen molar-refractivity contribution in [3.8, 4) is 0 Å². The Kier molecular flexibility index (Phi) is 5.83. The van der Waals surface area contributed by atoms with Gasteiger partial charge in [0.15, 0.2) is 0 Å². The molecule has 0 aromatic heterocycles. The first-order valence-electron chi connectivity index (χ1n) is 10.4. The van der Waals surface area contributed by atoms with Crippen LogP contribution < -0.4 is 10.0 Å². The molecule has 5 nitrogen and oxygen atoms in total. The fourth-order valence-electron chi connectivity index (χ4n) is 4.06. The van der Waals surface area contributed by atoms with Gasteiger partial charge in [0.2, 0.25) is 0 Å². The number of amides is 1. The van der Waals surface area contributed by atoms with Crippen LogP contribution >= 0.6 is 0 Å². The molecule has 0 saturated carbocycles. The van der Waals surface area contributed by atoms with Gasteiger partial charge in [-0.3, -0.25) is 9.52 Å². The second kappa shape index (κ2) is 8.55. The third kappa shape index (κ3) is 4.49. The molecule has 31 heavy (non-hydrogen) atoms. The number of hydrogen-bond donors (Lipinski definition) is 2. The summed E-state index contributed by atoms with van der Waals surface area (Å²) in [6.45, 7) is 3.57. The lowest BCUT2D eigenvalue weighted by atomic mass is 9.87. The van der Waals surface area contributed by atoms with Gasteiger partial charge in [-0.1, -0.05) is 48.5 Å². The van der Waals surface area contributed by atoms with E-state index >= 15 is 0 Å². The third-order valence-corrected chi connectivity index (χ3v) is 7.31. The highest BCUT2D eigenvalue weighted by molar-refractivity contribution is 7.92. The molecule has 4 rings (SSSR count). The summed E-state index contributed by atoms with van der Waals surface area (Å²) in [7, 11) is -3.83. The first-order valence-corrected chi connectivity index (χ1v) is 11.9. The maximum atomic E-state index is 13.1. The van der Waals surface area contributed by atoms with Crippen LogP contribution in [0, 0.1) is 13.8 Å². The van der Waals surface area contributed by atoms with E-state index in [0.29, 0.717) is 16.8 Å². The van der Waals surface area contributed by atoms with Crippen LogP contribution in [0.5, 0.6) is 0 Å². The summed E-state index contributed by atoms with van der Waals surface area (Å²) in [5.74, 6) is -0.269. The standard InChI is InChI=1S/C25H26N2O3S/c1-17-8-3-6-12-22(17)27-31(29,30)24-16-20(15-14-18(24)2)25(28)26-23-13-7-10-19-9-4-5-11-21(19)23/h3-6,8-9,11-12,14-16,23,27H,7,10,13H2,1-2H3,(H,26,28)/t23-/m1/s1. The Hall–Kier alpha value is -3.12. The molecule has 3 aromatic rings. The molecule has 0 saturated heterocycles. The highest BCUT2D eigenvalue weighted by Crippen LogP contribution is 2.30. The van der Waals surface area contributed by atoms with Gasteiger partial charge in [0.25, 0.3) is 15.9 Å². The Morgan fingerprint density at radius 2 is 1.68 bits per heavy atom. The predicted molar refractivity (Wildman–Crippen MR) is 123 cm³/mol. The molecule has 2 N–H and O–H groups in total. The summed E-state index contributed by atoms with van der Waals surface area (Å²) >= 11 is 0. The average molecular weight is 435 g/mol. The van der Waals surface area contributed by atoms with Crippen LogP contribution in [0.4, 0.5) is 5.69 Å². The molecule has 1 amide bonds. The van der Waals surface area contributed by atoms with Gasteiger partial charge in [-0.25, -0.2) is 8.42 Å². The minimum absolute atomic E-state index is 0.0658. The van der Waals surface area contributed by atoms with Crippen LogP contribution in [-0.4, -0.2) is 14.3 Å². The van der Waals surface area contributed by atoms with Gasteiger partial charge < -0.3 is 5.32 Å². The van der Waals surface area contributed by atoms with Crippen LogP contribution in [0.1, 0.15) is 51.5 Å². The van der Waals surface area contributed by atoms with Crippen LogP contribution in [0.2, 0.25) is 0 Å².